The second-order valence-electron chi connectivity index (χ2n) is 7.40. The highest BCUT2D eigenvalue weighted by Gasteiger charge is 2.25. The van der Waals surface area contributed by atoms with Crippen LogP contribution in [0.1, 0.15) is 29.8 Å². The molecule has 1 amide bonds. The van der Waals surface area contributed by atoms with Crippen LogP contribution >= 0.6 is 0 Å². The Kier molecular flexibility index (Phi) is 5.59. The first kappa shape index (κ1) is 18.4. The summed E-state index contributed by atoms with van der Waals surface area (Å²) in [7, 11) is 1.61. The maximum atomic E-state index is 12.4. The number of methoxy groups -OCH3 is 1. The molecular weight excluding hydrogens is 326 g/mol. The minimum atomic E-state index is -0.117. The molecule has 5 heteroatoms. The van der Waals surface area contributed by atoms with Crippen molar-refractivity contribution in [2.45, 2.75) is 25.9 Å². The lowest BCUT2D eigenvalue weighted by Crippen LogP contribution is -2.56. The fraction of sp³-hybridized carbons (Fsp3) is 0.381. The predicted octanol–water partition coefficient (Wildman–Crippen LogP) is 3.13. The van der Waals surface area contributed by atoms with Crippen LogP contribution in [0, 0.1) is 0 Å². The van der Waals surface area contributed by atoms with Crippen LogP contribution in [-0.4, -0.2) is 43.1 Å². The van der Waals surface area contributed by atoms with Gasteiger partial charge in [-0.1, -0.05) is 12.1 Å². The van der Waals surface area contributed by atoms with E-state index in [1.54, 1.807) is 31.4 Å². The van der Waals surface area contributed by atoms with Crippen LogP contribution in [0.2, 0.25) is 0 Å². The van der Waals surface area contributed by atoms with Gasteiger partial charge in [-0.05, 0) is 55.8 Å². The van der Waals surface area contributed by atoms with Gasteiger partial charge in [-0.25, -0.2) is 0 Å². The topological polar surface area (TPSA) is 53.6 Å². The molecule has 1 saturated heterocycles. The number of benzene rings is 2. The van der Waals surface area contributed by atoms with Gasteiger partial charge < -0.3 is 15.4 Å². The van der Waals surface area contributed by atoms with Crippen molar-refractivity contribution >= 4 is 11.6 Å². The molecule has 0 radical (unpaired) electrons. The lowest BCUT2D eigenvalue weighted by molar-refractivity contribution is 0.102. The number of carbonyl (C=O) groups is 1. The Morgan fingerprint density at radius 3 is 2.69 bits per heavy atom. The summed E-state index contributed by atoms with van der Waals surface area (Å²) in [4.78, 5) is 14.9. The molecule has 1 aliphatic heterocycles. The van der Waals surface area contributed by atoms with E-state index in [2.05, 4.69) is 41.5 Å². The predicted molar refractivity (Wildman–Crippen MR) is 105 cm³/mol. The minimum absolute atomic E-state index is 0.117. The lowest BCUT2D eigenvalue weighted by atomic mass is 10.0. The van der Waals surface area contributed by atoms with Crippen molar-refractivity contribution in [3.8, 4) is 5.75 Å². The Labute approximate surface area is 155 Å². The summed E-state index contributed by atoms with van der Waals surface area (Å²) in [5.74, 6) is 0.621. The molecule has 3 rings (SSSR count). The van der Waals surface area contributed by atoms with Crippen LogP contribution < -0.4 is 15.4 Å². The number of ether oxygens (including phenoxy) is 1. The maximum absolute atomic E-state index is 12.4. The van der Waals surface area contributed by atoms with Crippen LogP contribution in [-0.2, 0) is 6.54 Å². The second kappa shape index (κ2) is 7.89. The molecule has 0 aliphatic carbocycles. The number of piperazine rings is 1. The summed E-state index contributed by atoms with van der Waals surface area (Å²) < 4.78 is 5.13. The molecule has 0 spiro atoms. The smallest absolute Gasteiger partial charge is 0.255 e. The van der Waals surface area contributed by atoms with Gasteiger partial charge in [0.1, 0.15) is 5.75 Å². The Balaban J connectivity index is 1.64. The first-order valence-electron chi connectivity index (χ1n) is 8.97. The van der Waals surface area contributed by atoms with E-state index >= 15 is 0 Å². The van der Waals surface area contributed by atoms with E-state index in [0.717, 1.165) is 37.6 Å². The van der Waals surface area contributed by atoms with E-state index in [9.17, 15) is 4.79 Å². The van der Waals surface area contributed by atoms with E-state index in [1.807, 2.05) is 12.1 Å². The number of nitrogens with one attached hydrogen (secondary N) is 2. The summed E-state index contributed by atoms with van der Waals surface area (Å²) in [5, 5.41) is 6.51. The third-order valence-corrected chi connectivity index (χ3v) is 4.59. The standard InChI is InChI=1S/C21H27N3O2/c1-21(2)15-24(12-11-22-21)14-16-5-4-6-18(13-16)23-20(25)17-7-9-19(26-3)10-8-17/h4-10,13,22H,11-12,14-15H2,1-3H3,(H,23,25). The van der Waals surface area contributed by atoms with Crippen molar-refractivity contribution < 1.29 is 9.53 Å². The summed E-state index contributed by atoms with van der Waals surface area (Å²) in [5.41, 5.74) is 2.77. The number of anilines is 1. The molecule has 1 aliphatic rings. The van der Waals surface area contributed by atoms with Crippen molar-refractivity contribution in [3.63, 3.8) is 0 Å². The van der Waals surface area contributed by atoms with Gasteiger partial charge >= 0.3 is 0 Å². The number of hydrogen-bond acceptors (Lipinski definition) is 4. The zero-order chi connectivity index (χ0) is 18.6. The first-order valence-corrected chi connectivity index (χ1v) is 8.97. The highest BCUT2D eigenvalue weighted by molar-refractivity contribution is 6.04. The third-order valence-electron chi connectivity index (χ3n) is 4.59. The van der Waals surface area contributed by atoms with Gasteiger partial charge in [0.25, 0.3) is 5.91 Å². The molecule has 0 bridgehead atoms. The van der Waals surface area contributed by atoms with E-state index in [4.69, 9.17) is 4.74 Å². The van der Waals surface area contributed by atoms with Crippen molar-refractivity contribution in [1.82, 2.24) is 10.2 Å². The molecule has 2 aromatic carbocycles. The van der Waals surface area contributed by atoms with Crippen LogP contribution in [0.25, 0.3) is 0 Å². The van der Waals surface area contributed by atoms with E-state index in [1.165, 1.54) is 5.56 Å². The number of amides is 1. The maximum Gasteiger partial charge on any atom is 0.255 e. The lowest BCUT2D eigenvalue weighted by Gasteiger charge is -2.39. The molecule has 26 heavy (non-hydrogen) atoms. The summed E-state index contributed by atoms with van der Waals surface area (Å²) in [6, 6.07) is 15.2. The van der Waals surface area contributed by atoms with Gasteiger partial charge in [-0.15, -0.1) is 0 Å². The third kappa shape index (κ3) is 4.84. The van der Waals surface area contributed by atoms with Crippen LogP contribution in [0.5, 0.6) is 5.75 Å². The Bertz CT molecular complexity index is 756. The number of rotatable bonds is 5. The Morgan fingerprint density at radius 1 is 1.23 bits per heavy atom. The average molecular weight is 353 g/mol. The largest absolute Gasteiger partial charge is 0.497 e. The molecule has 2 N–H and O–H groups in total. The van der Waals surface area contributed by atoms with E-state index < -0.39 is 0 Å². The number of hydrogen-bond donors (Lipinski definition) is 2. The highest BCUT2D eigenvalue weighted by atomic mass is 16.5. The van der Waals surface area contributed by atoms with Gasteiger partial charge in [0, 0.05) is 43.0 Å². The molecule has 0 aromatic heterocycles. The summed E-state index contributed by atoms with van der Waals surface area (Å²) in [6.45, 7) is 8.38. The minimum Gasteiger partial charge on any atom is -0.497 e. The molecule has 138 valence electrons. The molecular formula is C21H27N3O2. The van der Waals surface area contributed by atoms with Crippen molar-refractivity contribution in [3.05, 3.63) is 59.7 Å². The zero-order valence-electron chi connectivity index (χ0n) is 15.7. The molecule has 0 unspecified atom stereocenters. The Hall–Kier alpha value is -2.37. The number of nitrogens with zero attached hydrogens (tertiary/aromatic N) is 1. The van der Waals surface area contributed by atoms with Gasteiger partial charge in [0.15, 0.2) is 0 Å². The Morgan fingerprint density at radius 2 is 2.00 bits per heavy atom. The van der Waals surface area contributed by atoms with E-state index in [0.29, 0.717) is 5.56 Å². The molecule has 1 fully saturated rings. The molecule has 2 aromatic rings. The molecule has 1 heterocycles. The van der Waals surface area contributed by atoms with Crippen molar-refractivity contribution in [2.24, 2.45) is 0 Å². The molecule has 5 nitrogen and oxygen atoms in total. The van der Waals surface area contributed by atoms with Gasteiger partial charge in [-0.2, -0.15) is 0 Å². The SMILES string of the molecule is COc1ccc(C(=O)Nc2cccc(CN3CCNC(C)(C)C3)c2)cc1. The van der Waals surface area contributed by atoms with Gasteiger partial charge in [-0.3, -0.25) is 9.69 Å². The normalized spacial score (nSPS) is 16.9. The van der Waals surface area contributed by atoms with Crippen molar-refractivity contribution in [1.29, 1.82) is 0 Å². The van der Waals surface area contributed by atoms with E-state index in [-0.39, 0.29) is 11.4 Å². The average Bonchev–Trinajstić information content (AvgIpc) is 2.61. The highest BCUT2D eigenvalue weighted by Crippen LogP contribution is 2.18. The van der Waals surface area contributed by atoms with Gasteiger partial charge in [0.05, 0.1) is 7.11 Å². The van der Waals surface area contributed by atoms with Crippen molar-refractivity contribution in [2.75, 3.05) is 32.1 Å². The summed E-state index contributed by atoms with van der Waals surface area (Å²) in [6.07, 6.45) is 0. The second-order valence-corrected chi connectivity index (χ2v) is 7.40. The summed E-state index contributed by atoms with van der Waals surface area (Å²) >= 11 is 0. The fourth-order valence-electron chi connectivity index (χ4n) is 3.33. The molecule has 0 atom stereocenters. The van der Waals surface area contributed by atoms with Gasteiger partial charge in [0.2, 0.25) is 0 Å². The monoisotopic (exact) mass is 353 g/mol. The first-order chi connectivity index (χ1) is 12.4. The molecule has 0 saturated carbocycles. The zero-order valence-corrected chi connectivity index (χ0v) is 15.7. The fourth-order valence-corrected chi connectivity index (χ4v) is 3.33. The van der Waals surface area contributed by atoms with Crippen LogP contribution in [0.15, 0.2) is 48.5 Å². The quantitative estimate of drug-likeness (QED) is 0.867. The van der Waals surface area contributed by atoms with Crippen LogP contribution in [0.4, 0.5) is 5.69 Å². The number of carbonyl (C=O) groups excluding carboxylic acids is 1. The van der Waals surface area contributed by atoms with Crippen LogP contribution in [0.3, 0.4) is 0 Å².